The molecule has 0 atom stereocenters. The van der Waals surface area contributed by atoms with Gasteiger partial charge in [0.15, 0.2) is 0 Å². The first-order chi connectivity index (χ1) is 14.2. The molecule has 1 fully saturated rings. The number of amides is 1. The van der Waals surface area contributed by atoms with Crippen molar-refractivity contribution in [3.8, 4) is 6.07 Å². The van der Waals surface area contributed by atoms with Gasteiger partial charge in [-0.2, -0.15) is 5.26 Å². The van der Waals surface area contributed by atoms with Crippen molar-refractivity contribution in [3.63, 3.8) is 0 Å². The van der Waals surface area contributed by atoms with Crippen LogP contribution in [-0.4, -0.2) is 35.3 Å². The van der Waals surface area contributed by atoms with Crippen molar-refractivity contribution in [1.82, 2.24) is 9.80 Å². The molecule has 0 aromatic heterocycles. The average molecular weight is 386 g/mol. The Balaban J connectivity index is 1.35. The van der Waals surface area contributed by atoms with Gasteiger partial charge in [-0.15, -0.1) is 0 Å². The standard InChI is InChI=1S/C25H27N3O/c26-17-24(19-27-13-12-22-8-4-5-9-23(22)18-27)25(29)28-14-10-21(11-15-28)16-20-6-2-1-3-7-20/h1-9,19,21H,10-16,18H2/b24-19-. The lowest BCUT2D eigenvalue weighted by Gasteiger charge is -2.32. The fourth-order valence-electron chi connectivity index (χ4n) is 4.40. The number of nitriles is 1. The van der Waals surface area contributed by atoms with Crippen LogP contribution in [0, 0.1) is 17.2 Å². The minimum absolute atomic E-state index is 0.121. The van der Waals surface area contributed by atoms with Crippen LogP contribution in [0.4, 0.5) is 0 Å². The normalized spacial score (nSPS) is 17.6. The summed E-state index contributed by atoms with van der Waals surface area (Å²) in [5.74, 6) is 0.485. The number of piperidine rings is 1. The maximum atomic E-state index is 12.9. The van der Waals surface area contributed by atoms with Gasteiger partial charge in [0.25, 0.3) is 5.91 Å². The zero-order valence-corrected chi connectivity index (χ0v) is 16.8. The van der Waals surface area contributed by atoms with Crippen molar-refractivity contribution >= 4 is 5.91 Å². The Morgan fingerprint density at radius 2 is 1.69 bits per heavy atom. The van der Waals surface area contributed by atoms with Crippen LogP contribution in [0.2, 0.25) is 0 Å². The Morgan fingerprint density at radius 3 is 2.41 bits per heavy atom. The molecule has 2 aliphatic rings. The first-order valence-electron chi connectivity index (χ1n) is 10.5. The lowest BCUT2D eigenvalue weighted by Crippen LogP contribution is -2.40. The maximum Gasteiger partial charge on any atom is 0.266 e. The number of benzene rings is 2. The van der Waals surface area contributed by atoms with Gasteiger partial charge in [-0.1, -0.05) is 54.6 Å². The van der Waals surface area contributed by atoms with E-state index < -0.39 is 0 Å². The Hall–Kier alpha value is -3.06. The van der Waals surface area contributed by atoms with Gasteiger partial charge in [0, 0.05) is 32.4 Å². The summed E-state index contributed by atoms with van der Waals surface area (Å²) in [4.78, 5) is 16.9. The number of fused-ring (bicyclic) bond motifs is 1. The van der Waals surface area contributed by atoms with Crippen molar-refractivity contribution in [2.75, 3.05) is 19.6 Å². The summed E-state index contributed by atoms with van der Waals surface area (Å²) in [6, 6.07) is 21.1. The molecule has 0 aliphatic carbocycles. The third-order valence-electron chi connectivity index (χ3n) is 6.09. The Morgan fingerprint density at radius 1 is 1.00 bits per heavy atom. The SMILES string of the molecule is N#C/C(=C/N1CCc2ccccc2C1)C(=O)N1CCC(Cc2ccccc2)CC1. The van der Waals surface area contributed by atoms with E-state index in [0.29, 0.717) is 5.92 Å². The largest absolute Gasteiger partial charge is 0.371 e. The Bertz CT molecular complexity index is 921. The van der Waals surface area contributed by atoms with E-state index >= 15 is 0 Å². The number of rotatable bonds is 4. The van der Waals surface area contributed by atoms with Gasteiger partial charge in [-0.05, 0) is 48.3 Å². The molecular formula is C25H27N3O. The smallest absolute Gasteiger partial charge is 0.266 e. The maximum absolute atomic E-state index is 12.9. The second-order valence-corrected chi connectivity index (χ2v) is 8.07. The molecule has 2 aromatic rings. The van der Waals surface area contributed by atoms with Gasteiger partial charge in [-0.25, -0.2) is 0 Å². The Kier molecular flexibility index (Phi) is 5.95. The van der Waals surface area contributed by atoms with Crippen LogP contribution in [0.5, 0.6) is 0 Å². The summed E-state index contributed by atoms with van der Waals surface area (Å²) in [6.45, 7) is 3.07. The highest BCUT2D eigenvalue weighted by molar-refractivity contribution is 5.97. The topological polar surface area (TPSA) is 47.3 Å². The number of nitrogens with zero attached hydrogens (tertiary/aromatic N) is 3. The fraction of sp³-hybridized carbons (Fsp3) is 0.360. The third kappa shape index (κ3) is 4.68. The van der Waals surface area contributed by atoms with Crippen LogP contribution in [0.15, 0.2) is 66.4 Å². The van der Waals surface area contributed by atoms with Gasteiger partial charge in [0.05, 0.1) is 0 Å². The molecule has 29 heavy (non-hydrogen) atoms. The van der Waals surface area contributed by atoms with Crippen molar-refractivity contribution in [2.24, 2.45) is 5.92 Å². The predicted molar refractivity (Wildman–Crippen MR) is 114 cm³/mol. The minimum atomic E-state index is -0.121. The third-order valence-corrected chi connectivity index (χ3v) is 6.09. The molecule has 0 spiro atoms. The van der Waals surface area contributed by atoms with Crippen LogP contribution >= 0.6 is 0 Å². The molecule has 0 bridgehead atoms. The van der Waals surface area contributed by atoms with E-state index in [2.05, 4.69) is 53.4 Å². The van der Waals surface area contributed by atoms with E-state index in [9.17, 15) is 10.1 Å². The highest BCUT2D eigenvalue weighted by Crippen LogP contribution is 2.23. The highest BCUT2D eigenvalue weighted by Gasteiger charge is 2.26. The predicted octanol–water partition coefficient (Wildman–Crippen LogP) is 3.93. The number of likely N-dealkylation sites (tertiary alicyclic amines) is 1. The summed E-state index contributed by atoms with van der Waals surface area (Å²) in [5, 5.41) is 9.61. The van der Waals surface area contributed by atoms with Gasteiger partial charge < -0.3 is 9.80 Å². The van der Waals surface area contributed by atoms with Crippen molar-refractivity contribution in [2.45, 2.75) is 32.2 Å². The molecule has 4 nitrogen and oxygen atoms in total. The molecule has 0 N–H and O–H groups in total. The molecule has 1 saturated heterocycles. The summed E-state index contributed by atoms with van der Waals surface area (Å²) in [6.07, 6.45) is 5.78. The van der Waals surface area contributed by atoms with Gasteiger partial charge in [-0.3, -0.25) is 4.79 Å². The van der Waals surface area contributed by atoms with Crippen molar-refractivity contribution in [1.29, 1.82) is 5.26 Å². The molecule has 1 amide bonds. The molecule has 4 heteroatoms. The minimum Gasteiger partial charge on any atom is -0.371 e. The van der Waals surface area contributed by atoms with E-state index in [1.165, 1.54) is 16.7 Å². The van der Waals surface area contributed by atoms with Gasteiger partial charge >= 0.3 is 0 Å². The first kappa shape index (κ1) is 19.3. The average Bonchev–Trinajstić information content (AvgIpc) is 2.78. The van der Waals surface area contributed by atoms with Gasteiger partial charge in [0.2, 0.25) is 0 Å². The molecule has 148 valence electrons. The van der Waals surface area contributed by atoms with Crippen LogP contribution in [0.3, 0.4) is 0 Å². The lowest BCUT2D eigenvalue weighted by molar-refractivity contribution is -0.128. The molecule has 4 rings (SSSR count). The van der Waals surface area contributed by atoms with Crippen molar-refractivity contribution < 1.29 is 4.79 Å². The van der Waals surface area contributed by atoms with E-state index in [1.54, 1.807) is 6.20 Å². The molecule has 2 heterocycles. The van der Waals surface area contributed by atoms with Crippen LogP contribution < -0.4 is 0 Å². The summed E-state index contributed by atoms with van der Waals surface area (Å²) >= 11 is 0. The first-order valence-corrected chi connectivity index (χ1v) is 10.5. The number of carbonyl (C=O) groups excluding carboxylic acids is 1. The molecule has 0 saturated carbocycles. The second-order valence-electron chi connectivity index (χ2n) is 8.07. The zero-order valence-electron chi connectivity index (χ0n) is 16.8. The summed E-state index contributed by atoms with van der Waals surface area (Å²) < 4.78 is 0. The summed E-state index contributed by atoms with van der Waals surface area (Å²) in [7, 11) is 0. The highest BCUT2D eigenvalue weighted by atomic mass is 16.2. The van der Waals surface area contributed by atoms with Crippen molar-refractivity contribution in [3.05, 3.63) is 83.1 Å². The quantitative estimate of drug-likeness (QED) is 0.592. The van der Waals surface area contributed by atoms with Gasteiger partial charge in [0.1, 0.15) is 11.6 Å². The monoisotopic (exact) mass is 385 g/mol. The Labute approximate surface area is 173 Å². The van der Waals surface area contributed by atoms with E-state index in [0.717, 1.165) is 51.9 Å². The van der Waals surface area contributed by atoms with E-state index in [1.807, 2.05) is 17.0 Å². The molecule has 0 unspecified atom stereocenters. The lowest BCUT2D eigenvalue weighted by atomic mass is 9.90. The van der Waals surface area contributed by atoms with E-state index in [-0.39, 0.29) is 11.5 Å². The summed E-state index contributed by atoms with van der Waals surface area (Å²) in [5.41, 5.74) is 4.26. The molecule has 2 aliphatic heterocycles. The molecular weight excluding hydrogens is 358 g/mol. The van der Waals surface area contributed by atoms with Crippen LogP contribution in [0.25, 0.3) is 0 Å². The number of hydrogen-bond donors (Lipinski definition) is 0. The number of hydrogen-bond acceptors (Lipinski definition) is 3. The molecule has 0 radical (unpaired) electrons. The van der Waals surface area contributed by atoms with Crippen LogP contribution in [-0.2, 0) is 24.2 Å². The van der Waals surface area contributed by atoms with E-state index in [4.69, 9.17) is 0 Å². The second kappa shape index (κ2) is 8.96. The van der Waals surface area contributed by atoms with Crippen LogP contribution in [0.1, 0.15) is 29.5 Å². The zero-order chi connectivity index (χ0) is 20.1. The fourth-order valence-corrected chi connectivity index (χ4v) is 4.40. The molecule has 2 aromatic carbocycles. The number of carbonyl (C=O) groups is 1.